The maximum absolute atomic E-state index is 9.21. The molecule has 3 heteroatoms. The van der Waals surface area contributed by atoms with E-state index in [4.69, 9.17) is 9.47 Å². The Bertz CT molecular complexity index is 78.6. The van der Waals surface area contributed by atoms with Crippen LogP contribution in [-0.2, 0) is 9.47 Å². The first-order chi connectivity index (χ1) is 4.63. The van der Waals surface area contributed by atoms with E-state index in [0.29, 0.717) is 6.42 Å². The van der Waals surface area contributed by atoms with Gasteiger partial charge in [-0.05, 0) is 6.92 Å². The first-order valence-corrected chi connectivity index (χ1v) is 3.41. The number of ether oxygens (including phenoxy) is 2. The first-order valence-electron chi connectivity index (χ1n) is 3.41. The van der Waals surface area contributed by atoms with Crippen LogP contribution in [-0.4, -0.2) is 31.2 Å². The molecule has 1 N–H and O–H groups in total. The van der Waals surface area contributed by atoms with Gasteiger partial charge in [-0.2, -0.15) is 0 Å². The van der Waals surface area contributed by atoms with Crippen LogP contribution < -0.4 is 0 Å². The average molecular weight is 148 g/mol. The standard InChI is InChI=1S/C7H16O3/c1-5-7(9-3,10-4)6(2)8/h6,8H,5H2,1-4H3. The van der Waals surface area contributed by atoms with Crippen molar-refractivity contribution in [3.05, 3.63) is 0 Å². The number of hydrogen-bond donors (Lipinski definition) is 1. The zero-order valence-electron chi connectivity index (χ0n) is 7.05. The molecule has 0 amide bonds. The molecule has 0 heterocycles. The Balaban J connectivity index is 4.15. The van der Waals surface area contributed by atoms with E-state index in [1.54, 1.807) is 6.92 Å². The van der Waals surface area contributed by atoms with Crippen molar-refractivity contribution in [1.82, 2.24) is 0 Å². The van der Waals surface area contributed by atoms with Gasteiger partial charge in [0.15, 0.2) is 5.79 Å². The van der Waals surface area contributed by atoms with E-state index in [0.717, 1.165) is 0 Å². The maximum Gasteiger partial charge on any atom is 0.193 e. The minimum Gasteiger partial charge on any atom is -0.388 e. The third kappa shape index (κ3) is 1.68. The van der Waals surface area contributed by atoms with Gasteiger partial charge in [-0.3, -0.25) is 0 Å². The largest absolute Gasteiger partial charge is 0.388 e. The van der Waals surface area contributed by atoms with Crippen molar-refractivity contribution in [1.29, 1.82) is 0 Å². The maximum atomic E-state index is 9.21. The molecule has 0 saturated heterocycles. The highest BCUT2D eigenvalue weighted by molar-refractivity contribution is 4.72. The lowest BCUT2D eigenvalue weighted by Crippen LogP contribution is -2.43. The second-order valence-electron chi connectivity index (χ2n) is 2.25. The zero-order chi connectivity index (χ0) is 8.20. The van der Waals surface area contributed by atoms with Crippen molar-refractivity contribution >= 4 is 0 Å². The van der Waals surface area contributed by atoms with Crippen LogP contribution in [0.15, 0.2) is 0 Å². The fourth-order valence-electron chi connectivity index (χ4n) is 1.01. The second kappa shape index (κ2) is 3.91. The number of methoxy groups -OCH3 is 2. The molecule has 0 aromatic heterocycles. The summed E-state index contributed by atoms with van der Waals surface area (Å²) in [5.41, 5.74) is 0. The van der Waals surface area contributed by atoms with Crippen LogP contribution in [0.2, 0.25) is 0 Å². The van der Waals surface area contributed by atoms with Crippen molar-refractivity contribution in [3.8, 4) is 0 Å². The minimum atomic E-state index is -0.819. The Morgan fingerprint density at radius 1 is 1.40 bits per heavy atom. The highest BCUT2D eigenvalue weighted by Crippen LogP contribution is 2.19. The Morgan fingerprint density at radius 2 is 1.80 bits per heavy atom. The van der Waals surface area contributed by atoms with E-state index in [-0.39, 0.29) is 0 Å². The molecular formula is C7H16O3. The van der Waals surface area contributed by atoms with E-state index in [2.05, 4.69) is 0 Å². The molecule has 0 aliphatic rings. The van der Waals surface area contributed by atoms with Gasteiger partial charge in [0.1, 0.15) is 6.10 Å². The smallest absolute Gasteiger partial charge is 0.193 e. The lowest BCUT2D eigenvalue weighted by atomic mass is 10.1. The third-order valence-electron chi connectivity index (χ3n) is 1.82. The van der Waals surface area contributed by atoms with Gasteiger partial charge in [0, 0.05) is 20.6 Å². The zero-order valence-corrected chi connectivity index (χ0v) is 7.05. The SMILES string of the molecule is CCC(OC)(OC)C(C)O. The predicted octanol–water partition coefficient (Wildman–Crippen LogP) is 0.766. The minimum absolute atomic E-state index is 0.604. The highest BCUT2D eigenvalue weighted by Gasteiger charge is 2.32. The predicted molar refractivity (Wildman–Crippen MR) is 38.7 cm³/mol. The summed E-state index contributed by atoms with van der Waals surface area (Å²) in [6, 6.07) is 0. The van der Waals surface area contributed by atoms with E-state index in [1.165, 1.54) is 14.2 Å². The number of rotatable bonds is 4. The molecule has 0 bridgehead atoms. The summed E-state index contributed by atoms with van der Waals surface area (Å²) in [7, 11) is 3.06. The van der Waals surface area contributed by atoms with E-state index in [9.17, 15) is 5.11 Å². The van der Waals surface area contributed by atoms with Gasteiger partial charge >= 0.3 is 0 Å². The van der Waals surface area contributed by atoms with Crippen LogP contribution in [0.5, 0.6) is 0 Å². The normalized spacial score (nSPS) is 15.3. The second-order valence-corrected chi connectivity index (χ2v) is 2.25. The number of aliphatic hydroxyl groups excluding tert-OH is 1. The summed E-state index contributed by atoms with van der Waals surface area (Å²) in [6.45, 7) is 3.55. The summed E-state index contributed by atoms with van der Waals surface area (Å²) >= 11 is 0. The van der Waals surface area contributed by atoms with Gasteiger partial charge in [0.25, 0.3) is 0 Å². The summed E-state index contributed by atoms with van der Waals surface area (Å²) in [6.07, 6.45) is 0.0324. The van der Waals surface area contributed by atoms with Crippen LogP contribution in [0.1, 0.15) is 20.3 Å². The lowest BCUT2D eigenvalue weighted by Gasteiger charge is -2.32. The van der Waals surface area contributed by atoms with Crippen molar-refractivity contribution in [3.63, 3.8) is 0 Å². The monoisotopic (exact) mass is 148 g/mol. The Morgan fingerprint density at radius 3 is 1.80 bits per heavy atom. The Kier molecular flexibility index (Phi) is 3.86. The van der Waals surface area contributed by atoms with E-state index < -0.39 is 11.9 Å². The molecule has 62 valence electrons. The lowest BCUT2D eigenvalue weighted by molar-refractivity contribution is -0.255. The molecule has 0 aliphatic heterocycles. The van der Waals surface area contributed by atoms with E-state index >= 15 is 0 Å². The molecule has 0 aromatic rings. The molecule has 0 aromatic carbocycles. The van der Waals surface area contributed by atoms with Crippen molar-refractivity contribution in [2.45, 2.75) is 32.2 Å². The quantitative estimate of drug-likeness (QED) is 0.598. The van der Waals surface area contributed by atoms with Gasteiger partial charge < -0.3 is 14.6 Å². The van der Waals surface area contributed by atoms with Gasteiger partial charge in [-0.15, -0.1) is 0 Å². The summed E-state index contributed by atoms with van der Waals surface area (Å²) < 4.78 is 10.1. The molecule has 0 radical (unpaired) electrons. The van der Waals surface area contributed by atoms with Crippen LogP contribution in [0, 0.1) is 0 Å². The molecule has 0 saturated carbocycles. The first kappa shape index (κ1) is 9.88. The molecule has 0 fully saturated rings. The molecule has 0 rings (SSSR count). The molecule has 3 nitrogen and oxygen atoms in total. The average Bonchev–Trinajstić information content (AvgIpc) is 1.92. The fourth-order valence-corrected chi connectivity index (χ4v) is 1.01. The van der Waals surface area contributed by atoms with Crippen LogP contribution in [0.4, 0.5) is 0 Å². The number of aliphatic hydroxyl groups is 1. The third-order valence-corrected chi connectivity index (χ3v) is 1.82. The fraction of sp³-hybridized carbons (Fsp3) is 1.00. The van der Waals surface area contributed by atoms with Crippen molar-refractivity contribution in [2.24, 2.45) is 0 Å². The Hall–Kier alpha value is -0.120. The summed E-state index contributed by atoms with van der Waals surface area (Å²) in [4.78, 5) is 0. The van der Waals surface area contributed by atoms with Crippen molar-refractivity contribution in [2.75, 3.05) is 14.2 Å². The molecular weight excluding hydrogens is 132 g/mol. The van der Waals surface area contributed by atoms with E-state index in [1.807, 2.05) is 6.92 Å². The molecule has 0 spiro atoms. The van der Waals surface area contributed by atoms with Gasteiger partial charge in [0.05, 0.1) is 0 Å². The van der Waals surface area contributed by atoms with Gasteiger partial charge in [-0.1, -0.05) is 6.92 Å². The van der Waals surface area contributed by atoms with Crippen LogP contribution in [0.25, 0.3) is 0 Å². The van der Waals surface area contributed by atoms with Crippen LogP contribution >= 0.6 is 0 Å². The molecule has 0 aliphatic carbocycles. The van der Waals surface area contributed by atoms with Gasteiger partial charge in [-0.25, -0.2) is 0 Å². The van der Waals surface area contributed by atoms with Gasteiger partial charge in [0.2, 0.25) is 0 Å². The Labute approximate surface area is 62.0 Å². The summed E-state index contributed by atoms with van der Waals surface area (Å²) in [5.74, 6) is -0.819. The molecule has 10 heavy (non-hydrogen) atoms. The van der Waals surface area contributed by atoms with Crippen molar-refractivity contribution < 1.29 is 14.6 Å². The topological polar surface area (TPSA) is 38.7 Å². The van der Waals surface area contributed by atoms with Crippen LogP contribution in [0.3, 0.4) is 0 Å². The number of hydrogen-bond acceptors (Lipinski definition) is 3. The molecule has 1 unspecified atom stereocenters. The summed E-state index contributed by atoms with van der Waals surface area (Å²) in [5, 5.41) is 9.21. The molecule has 1 atom stereocenters. The highest BCUT2D eigenvalue weighted by atomic mass is 16.7.